The lowest BCUT2D eigenvalue weighted by Gasteiger charge is -2.20. The minimum absolute atomic E-state index is 0.0341. The molecule has 2 aromatic heterocycles. The fourth-order valence-corrected chi connectivity index (χ4v) is 4.66. The number of nitrogens with one attached hydrogen (secondary N) is 1. The van der Waals surface area contributed by atoms with Crippen molar-refractivity contribution >= 4 is 64.1 Å². The van der Waals surface area contributed by atoms with Gasteiger partial charge < -0.3 is 14.6 Å². The summed E-state index contributed by atoms with van der Waals surface area (Å²) >= 11 is 12.0. The number of halogens is 2. The molecule has 0 aliphatic rings. The van der Waals surface area contributed by atoms with Gasteiger partial charge in [-0.25, -0.2) is 9.78 Å². The van der Waals surface area contributed by atoms with Gasteiger partial charge in [-0.3, -0.25) is 4.57 Å². The summed E-state index contributed by atoms with van der Waals surface area (Å²) in [4.78, 5) is 20.5. The van der Waals surface area contributed by atoms with Crippen LogP contribution in [0.25, 0.3) is 10.9 Å². The lowest BCUT2D eigenvalue weighted by Crippen LogP contribution is -2.26. The Kier molecular flexibility index (Phi) is 5.69. The van der Waals surface area contributed by atoms with Crippen molar-refractivity contribution in [1.29, 1.82) is 0 Å². The first-order valence-electron chi connectivity index (χ1n) is 8.75. The largest absolute Gasteiger partial charge is 0.443 e. The normalized spacial score (nSPS) is 12.2. The third-order valence-electron chi connectivity index (χ3n) is 3.94. The Hall–Kier alpha value is -2.08. The van der Waals surface area contributed by atoms with E-state index < -0.39 is 18.8 Å². The quantitative estimate of drug-likeness (QED) is 0.414. The Balaban J connectivity index is 2.14. The van der Waals surface area contributed by atoms with Crippen molar-refractivity contribution in [2.24, 2.45) is 0 Å². The van der Waals surface area contributed by atoms with E-state index in [1.54, 1.807) is 58.5 Å². The van der Waals surface area contributed by atoms with Gasteiger partial charge in [0.15, 0.2) is 5.82 Å². The molecule has 29 heavy (non-hydrogen) atoms. The maximum Gasteiger partial charge on any atom is 0.418 e. The molecule has 0 unspecified atom stereocenters. The predicted octanol–water partition coefficient (Wildman–Crippen LogP) is 5.51. The lowest BCUT2D eigenvalue weighted by atomic mass is 10.2. The van der Waals surface area contributed by atoms with E-state index in [0.29, 0.717) is 27.7 Å². The van der Waals surface area contributed by atoms with Gasteiger partial charge in [-0.1, -0.05) is 11.6 Å². The molecule has 0 fully saturated rings. The van der Waals surface area contributed by atoms with E-state index in [2.05, 4.69) is 15.3 Å². The van der Waals surface area contributed by atoms with Crippen LogP contribution in [0.1, 0.15) is 20.8 Å². The maximum absolute atomic E-state index is 13.1. The molecule has 0 aliphatic carbocycles. The molecule has 0 saturated heterocycles. The second kappa shape index (κ2) is 7.63. The highest BCUT2D eigenvalue weighted by Gasteiger charge is 2.25. The average molecular weight is 455 g/mol. The second-order valence-corrected chi connectivity index (χ2v) is 11.8. The minimum atomic E-state index is -2.77. The number of benzene rings is 1. The van der Waals surface area contributed by atoms with E-state index in [4.69, 9.17) is 27.9 Å². The molecule has 0 aliphatic heterocycles. The van der Waals surface area contributed by atoms with E-state index in [1.165, 1.54) is 10.8 Å². The molecule has 0 radical (unpaired) electrons. The smallest absolute Gasteiger partial charge is 0.418 e. The number of ether oxygens (including phenoxy) is 1. The van der Waals surface area contributed by atoms with Crippen LogP contribution in [-0.4, -0.2) is 39.6 Å². The summed E-state index contributed by atoms with van der Waals surface area (Å²) in [5, 5.41) is 4.64. The Morgan fingerprint density at radius 3 is 2.52 bits per heavy atom. The standard InChI is InChI=1S/C19H21Cl2N4O3P/c1-19(2,3)28-18(26)25-9-8-11-14(25)7-6-13(15(11)29(4,5)27)23-16-12(20)10-22-17(21)24-16/h6-10H,1-5H3,(H,22,23,24). The van der Waals surface area contributed by atoms with Gasteiger partial charge in [0.1, 0.15) is 17.8 Å². The van der Waals surface area contributed by atoms with Crippen LogP contribution in [0, 0.1) is 0 Å². The van der Waals surface area contributed by atoms with Gasteiger partial charge in [-0.2, -0.15) is 4.98 Å². The summed E-state index contributed by atoms with van der Waals surface area (Å²) in [5.41, 5.74) is 0.520. The summed E-state index contributed by atoms with van der Waals surface area (Å²) in [6, 6.07) is 5.22. The molecule has 7 nitrogen and oxygen atoms in total. The Morgan fingerprint density at radius 1 is 1.21 bits per heavy atom. The van der Waals surface area contributed by atoms with Crippen molar-refractivity contribution in [3.05, 3.63) is 40.9 Å². The molecule has 154 valence electrons. The topological polar surface area (TPSA) is 86.1 Å². The number of carbonyl (C=O) groups is 1. The minimum Gasteiger partial charge on any atom is -0.443 e. The van der Waals surface area contributed by atoms with E-state index in [0.717, 1.165) is 0 Å². The Labute approximate surface area is 178 Å². The zero-order valence-corrected chi connectivity index (χ0v) is 19.1. The highest BCUT2D eigenvalue weighted by atomic mass is 35.5. The van der Waals surface area contributed by atoms with Crippen LogP contribution in [0.2, 0.25) is 10.3 Å². The Morgan fingerprint density at radius 2 is 1.90 bits per heavy atom. The fourth-order valence-electron chi connectivity index (χ4n) is 2.91. The molecule has 1 N–H and O–H groups in total. The van der Waals surface area contributed by atoms with Crippen molar-refractivity contribution < 1.29 is 14.1 Å². The van der Waals surface area contributed by atoms with Gasteiger partial charge in [-0.15, -0.1) is 0 Å². The van der Waals surface area contributed by atoms with E-state index in [-0.39, 0.29) is 10.3 Å². The van der Waals surface area contributed by atoms with Crippen LogP contribution in [0.15, 0.2) is 30.6 Å². The zero-order valence-electron chi connectivity index (χ0n) is 16.7. The number of hydrogen-bond donors (Lipinski definition) is 1. The van der Waals surface area contributed by atoms with Crippen LogP contribution in [-0.2, 0) is 9.30 Å². The number of hydrogen-bond acceptors (Lipinski definition) is 6. The first kappa shape index (κ1) is 21.6. The van der Waals surface area contributed by atoms with Gasteiger partial charge in [0, 0.05) is 16.9 Å². The SMILES string of the molecule is CC(C)(C)OC(=O)n1ccc2c(P(C)(C)=O)c(Nc3nc(Cl)ncc3Cl)ccc21. The number of fused-ring (bicyclic) bond motifs is 1. The molecular weight excluding hydrogens is 434 g/mol. The van der Waals surface area contributed by atoms with E-state index in [9.17, 15) is 9.36 Å². The summed E-state index contributed by atoms with van der Waals surface area (Å²) in [7, 11) is -2.77. The van der Waals surface area contributed by atoms with Gasteiger partial charge in [0.05, 0.1) is 17.4 Å². The zero-order chi connectivity index (χ0) is 21.6. The van der Waals surface area contributed by atoms with Crippen LogP contribution in [0.5, 0.6) is 0 Å². The number of aromatic nitrogens is 3. The predicted molar refractivity (Wildman–Crippen MR) is 118 cm³/mol. The summed E-state index contributed by atoms with van der Waals surface area (Å²) in [5.74, 6) is 0.298. The molecule has 0 saturated carbocycles. The Bertz CT molecular complexity index is 1150. The molecule has 0 amide bonds. The van der Waals surface area contributed by atoms with Crippen molar-refractivity contribution in [1.82, 2.24) is 14.5 Å². The average Bonchev–Trinajstić information content (AvgIpc) is 2.99. The molecular formula is C19H21Cl2N4O3P. The first-order valence-corrected chi connectivity index (χ1v) is 12.1. The number of anilines is 2. The van der Waals surface area contributed by atoms with E-state index >= 15 is 0 Å². The first-order chi connectivity index (χ1) is 13.4. The summed E-state index contributed by atoms with van der Waals surface area (Å²) in [6.45, 7) is 8.71. The van der Waals surface area contributed by atoms with Crippen LogP contribution < -0.4 is 10.6 Å². The van der Waals surface area contributed by atoms with Crippen LogP contribution in [0.3, 0.4) is 0 Å². The second-order valence-electron chi connectivity index (χ2n) is 7.87. The highest BCUT2D eigenvalue weighted by molar-refractivity contribution is 7.71. The van der Waals surface area contributed by atoms with Crippen molar-refractivity contribution in [2.75, 3.05) is 18.6 Å². The van der Waals surface area contributed by atoms with Gasteiger partial charge >= 0.3 is 6.09 Å². The van der Waals surface area contributed by atoms with E-state index in [1.807, 2.05) is 0 Å². The van der Waals surface area contributed by atoms with Crippen LogP contribution >= 0.6 is 30.3 Å². The molecule has 0 bridgehead atoms. The van der Waals surface area contributed by atoms with Gasteiger partial charge in [0.25, 0.3) is 0 Å². The number of carbonyl (C=O) groups excluding carboxylic acids is 1. The summed E-state index contributed by atoms with van der Waals surface area (Å²) < 4.78 is 20.0. The van der Waals surface area contributed by atoms with Crippen molar-refractivity contribution in [3.63, 3.8) is 0 Å². The third-order valence-corrected chi connectivity index (χ3v) is 5.96. The lowest BCUT2D eigenvalue weighted by molar-refractivity contribution is 0.0544. The molecule has 0 spiro atoms. The van der Waals surface area contributed by atoms with Crippen LogP contribution in [0.4, 0.5) is 16.3 Å². The van der Waals surface area contributed by atoms with Gasteiger partial charge in [-0.05, 0) is 63.9 Å². The molecule has 3 aromatic rings. The van der Waals surface area contributed by atoms with Crippen molar-refractivity contribution in [2.45, 2.75) is 26.4 Å². The number of rotatable bonds is 3. The molecule has 1 aromatic carbocycles. The third kappa shape index (κ3) is 4.74. The fraction of sp³-hybridized carbons (Fsp3) is 0.316. The number of nitrogens with zero attached hydrogens (tertiary/aromatic N) is 3. The van der Waals surface area contributed by atoms with Gasteiger partial charge in [0.2, 0.25) is 5.28 Å². The monoisotopic (exact) mass is 454 g/mol. The molecule has 3 rings (SSSR count). The highest BCUT2D eigenvalue weighted by Crippen LogP contribution is 2.42. The summed E-state index contributed by atoms with van der Waals surface area (Å²) in [6.07, 6.45) is 2.48. The van der Waals surface area contributed by atoms with Crippen molar-refractivity contribution in [3.8, 4) is 0 Å². The molecule has 2 heterocycles. The molecule has 10 heteroatoms. The maximum atomic E-state index is 13.1. The molecule has 0 atom stereocenters.